The smallest absolute Gasteiger partial charge is 0.116 e. The van der Waals surface area contributed by atoms with Gasteiger partial charge in [-0.25, -0.2) is 0 Å². The zero-order valence-electron chi connectivity index (χ0n) is 18.7. The van der Waals surface area contributed by atoms with Crippen LogP contribution in [-0.2, 0) is 6.54 Å². The van der Waals surface area contributed by atoms with Crippen LogP contribution in [0.15, 0.2) is 60.9 Å². The molecular weight excluding hydrogens is 410 g/mol. The van der Waals surface area contributed by atoms with Crippen molar-refractivity contribution in [2.75, 3.05) is 38.1 Å². The number of benzene rings is 2. The number of rotatable bonds is 4. The predicted octanol–water partition coefficient (Wildman–Crippen LogP) is 3.98. The lowest BCUT2D eigenvalue weighted by atomic mass is 10.0. The normalized spacial score (nSPS) is 15.0. The summed E-state index contributed by atoms with van der Waals surface area (Å²) in [6, 6.07) is 17.2. The lowest BCUT2D eigenvalue weighted by Gasteiger charge is -2.34. The second-order valence-corrected chi connectivity index (χ2v) is 8.83. The van der Waals surface area contributed by atoms with Gasteiger partial charge in [-0.1, -0.05) is 12.1 Å². The van der Waals surface area contributed by atoms with E-state index in [1.807, 2.05) is 12.4 Å². The standard InChI is InChI=1S/C26H27N7/c1-32-7-9-33(10-8-32)25-4-2-3-22-20(25)13-24(29-22)26-21-12-18(5-6-23(21)30-31-26)19-11-17(14-27)15-28-16-19/h2-6,11-13,15-16,29H,7-10,14,27H2,1H3,(H,30,31). The summed E-state index contributed by atoms with van der Waals surface area (Å²) < 4.78 is 0. The minimum absolute atomic E-state index is 0.477. The third kappa shape index (κ3) is 3.55. The van der Waals surface area contributed by atoms with Crippen molar-refractivity contribution < 1.29 is 0 Å². The quantitative estimate of drug-likeness (QED) is 0.396. The lowest BCUT2D eigenvalue weighted by molar-refractivity contribution is 0.313. The molecule has 6 rings (SSSR count). The van der Waals surface area contributed by atoms with E-state index >= 15 is 0 Å². The number of pyridine rings is 1. The van der Waals surface area contributed by atoms with E-state index in [1.165, 1.54) is 11.1 Å². The van der Waals surface area contributed by atoms with Crippen molar-refractivity contribution >= 4 is 27.5 Å². The Kier molecular flexibility index (Phi) is 4.86. The van der Waals surface area contributed by atoms with Crippen molar-refractivity contribution in [3.8, 4) is 22.5 Å². The molecule has 0 unspecified atom stereocenters. The number of hydrogen-bond donors (Lipinski definition) is 3. The molecule has 4 N–H and O–H groups in total. The maximum absolute atomic E-state index is 5.82. The number of aromatic nitrogens is 4. The van der Waals surface area contributed by atoms with E-state index in [4.69, 9.17) is 5.73 Å². The van der Waals surface area contributed by atoms with Gasteiger partial charge < -0.3 is 20.5 Å². The zero-order chi connectivity index (χ0) is 22.4. The first kappa shape index (κ1) is 20.0. The van der Waals surface area contributed by atoms with Crippen LogP contribution in [0.25, 0.3) is 44.3 Å². The molecule has 0 atom stereocenters. The van der Waals surface area contributed by atoms with Crippen LogP contribution in [0, 0.1) is 0 Å². The van der Waals surface area contributed by atoms with Crippen LogP contribution in [0.2, 0.25) is 0 Å². The Morgan fingerprint density at radius 2 is 1.79 bits per heavy atom. The Balaban J connectivity index is 1.43. The topological polar surface area (TPSA) is 89.9 Å². The average Bonchev–Trinajstić information content (AvgIpc) is 3.48. The molecule has 4 heterocycles. The van der Waals surface area contributed by atoms with Gasteiger partial charge in [0.2, 0.25) is 0 Å². The second kappa shape index (κ2) is 8.03. The van der Waals surface area contributed by atoms with Crippen molar-refractivity contribution in [1.82, 2.24) is 25.1 Å². The third-order valence-electron chi connectivity index (χ3n) is 6.67. The molecule has 3 aromatic heterocycles. The first-order valence-corrected chi connectivity index (χ1v) is 11.4. The third-order valence-corrected chi connectivity index (χ3v) is 6.67. The Bertz CT molecular complexity index is 1440. The average molecular weight is 438 g/mol. The number of fused-ring (bicyclic) bond motifs is 2. The summed E-state index contributed by atoms with van der Waals surface area (Å²) in [4.78, 5) is 12.8. The molecule has 0 spiro atoms. The van der Waals surface area contributed by atoms with E-state index in [1.54, 1.807) is 0 Å². The molecular formula is C26H27N7. The zero-order valence-corrected chi connectivity index (χ0v) is 18.7. The van der Waals surface area contributed by atoms with E-state index in [2.05, 4.69) is 85.5 Å². The van der Waals surface area contributed by atoms with Crippen molar-refractivity contribution in [2.45, 2.75) is 6.54 Å². The first-order valence-electron chi connectivity index (χ1n) is 11.4. The number of anilines is 1. The maximum Gasteiger partial charge on any atom is 0.116 e. The molecule has 5 aromatic rings. The fourth-order valence-corrected chi connectivity index (χ4v) is 4.75. The minimum Gasteiger partial charge on any atom is -0.368 e. The molecule has 0 amide bonds. The molecule has 2 aromatic carbocycles. The Labute approximate surface area is 192 Å². The summed E-state index contributed by atoms with van der Waals surface area (Å²) in [5.41, 5.74) is 14.4. The van der Waals surface area contributed by atoms with Crippen LogP contribution >= 0.6 is 0 Å². The van der Waals surface area contributed by atoms with Gasteiger partial charge in [0.05, 0.1) is 11.2 Å². The van der Waals surface area contributed by atoms with Crippen LogP contribution in [0.1, 0.15) is 5.56 Å². The van der Waals surface area contributed by atoms with Gasteiger partial charge in [0.1, 0.15) is 5.69 Å². The lowest BCUT2D eigenvalue weighted by Crippen LogP contribution is -2.44. The number of piperazine rings is 1. The van der Waals surface area contributed by atoms with Gasteiger partial charge in [-0.05, 0) is 54.6 Å². The maximum atomic E-state index is 5.82. The van der Waals surface area contributed by atoms with E-state index in [0.29, 0.717) is 6.54 Å². The summed E-state index contributed by atoms with van der Waals surface area (Å²) in [6.07, 6.45) is 3.69. The summed E-state index contributed by atoms with van der Waals surface area (Å²) in [5.74, 6) is 0. The van der Waals surface area contributed by atoms with Gasteiger partial charge in [0, 0.05) is 72.7 Å². The fraction of sp³-hybridized carbons (Fsp3) is 0.231. The molecule has 1 fully saturated rings. The minimum atomic E-state index is 0.477. The Hall–Kier alpha value is -3.68. The number of aromatic amines is 2. The van der Waals surface area contributed by atoms with Crippen molar-refractivity contribution in [3.05, 3.63) is 66.5 Å². The van der Waals surface area contributed by atoms with Gasteiger partial charge in [-0.3, -0.25) is 10.1 Å². The van der Waals surface area contributed by atoms with Crippen molar-refractivity contribution in [3.63, 3.8) is 0 Å². The van der Waals surface area contributed by atoms with Crippen molar-refractivity contribution in [2.24, 2.45) is 5.73 Å². The van der Waals surface area contributed by atoms with Crippen LogP contribution in [0.3, 0.4) is 0 Å². The molecule has 0 aliphatic carbocycles. The molecule has 7 heteroatoms. The number of nitrogens with zero attached hydrogens (tertiary/aromatic N) is 4. The van der Waals surface area contributed by atoms with E-state index in [9.17, 15) is 0 Å². The number of H-pyrrole nitrogens is 2. The molecule has 166 valence electrons. The molecule has 7 nitrogen and oxygen atoms in total. The molecule has 0 radical (unpaired) electrons. The molecule has 1 saturated heterocycles. The number of nitrogens with two attached hydrogens (primary N) is 1. The van der Waals surface area contributed by atoms with E-state index < -0.39 is 0 Å². The number of likely N-dealkylation sites (N-methyl/N-ethyl adjacent to an activating group) is 1. The van der Waals surface area contributed by atoms with Crippen LogP contribution in [-0.4, -0.2) is 58.3 Å². The number of hydrogen-bond acceptors (Lipinski definition) is 5. The van der Waals surface area contributed by atoms with Crippen molar-refractivity contribution in [1.29, 1.82) is 0 Å². The van der Waals surface area contributed by atoms with Crippen LogP contribution in [0.4, 0.5) is 5.69 Å². The van der Waals surface area contributed by atoms with E-state index in [-0.39, 0.29) is 0 Å². The molecule has 0 bridgehead atoms. The SMILES string of the molecule is CN1CCN(c2cccc3[nH]c(-c4n[nH]c5ccc(-c6cncc(CN)c6)cc45)cc23)CC1. The van der Waals surface area contributed by atoms with E-state index in [0.717, 1.165) is 70.7 Å². The Morgan fingerprint density at radius 1 is 0.909 bits per heavy atom. The highest BCUT2D eigenvalue weighted by molar-refractivity contribution is 6.00. The monoisotopic (exact) mass is 437 g/mol. The number of nitrogens with one attached hydrogen (secondary N) is 2. The second-order valence-electron chi connectivity index (χ2n) is 8.83. The van der Waals surface area contributed by atoms with Crippen LogP contribution in [0.5, 0.6) is 0 Å². The summed E-state index contributed by atoms with van der Waals surface area (Å²) in [5, 5.41) is 10.2. The first-order chi connectivity index (χ1) is 16.2. The van der Waals surface area contributed by atoms with Gasteiger partial charge >= 0.3 is 0 Å². The highest BCUT2D eigenvalue weighted by atomic mass is 15.2. The van der Waals surface area contributed by atoms with Gasteiger partial charge in [0.15, 0.2) is 0 Å². The highest BCUT2D eigenvalue weighted by Crippen LogP contribution is 2.35. The molecule has 1 aliphatic rings. The van der Waals surface area contributed by atoms with Gasteiger partial charge in [-0.15, -0.1) is 0 Å². The largest absolute Gasteiger partial charge is 0.368 e. The fourth-order valence-electron chi connectivity index (χ4n) is 4.75. The van der Waals surface area contributed by atoms with Gasteiger partial charge in [-0.2, -0.15) is 5.10 Å². The highest BCUT2D eigenvalue weighted by Gasteiger charge is 2.19. The summed E-state index contributed by atoms with van der Waals surface area (Å²) in [7, 11) is 2.19. The molecule has 33 heavy (non-hydrogen) atoms. The summed E-state index contributed by atoms with van der Waals surface area (Å²) in [6.45, 7) is 4.73. The molecule has 1 aliphatic heterocycles. The van der Waals surface area contributed by atoms with Gasteiger partial charge in [0.25, 0.3) is 0 Å². The summed E-state index contributed by atoms with van der Waals surface area (Å²) >= 11 is 0. The Morgan fingerprint density at radius 3 is 2.64 bits per heavy atom. The van der Waals surface area contributed by atoms with Crippen LogP contribution < -0.4 is 10.6 Å². The predicted molar refractivity (Wildman–Crippen MR) is 134 cm³/mol. The molecule has 0 saturated carbocycles.